The molecule has 1 spiro atoms. The number of rotatable bonds is 6. The molecule has 1 saturated carbocycles. The molecule has 1 aliphatic carbocycles. The molecule has 11 heteroatoms. The van der Waals surface area contributed by atoms with Crippen LogP contribution in [0.25, 0.3) is 0 Å². The summed E-state index contributed by atoms with van der Waals surface area (Å²) >= 11 is 6.48. The lowest BCUT2D eigenvalue weighted by molar-refractivity contribution is -0.117. The van der Waals surface area contributed by atoms with E-state index in [4.69, 9.17) is 21.1 Å². The van der Waals surface area contributed by atoms with Gasteiger partial charge in [0.2, 0.25) is 16.0 Å². The number of morpholine rings is 1. The molecule has 33 heavy (non-hydrogen) atoms. The highest BCUT2D eigenvalue weighted by atomic mass is 35.5. The van der Waals surface area contributed by atoms with Gasteiger partial charge in [0.05, 0.1) is 35.9 Å². The van der Waals surface area contributed by atoms with E-state index in [0.29, 0.717) is 48.7 Å². The molecule has 5 rings (SSSR count). The Morgan fingerprint density at radius 1 is 1.21 bits per heavy atom. The number of ether oxygens (including phenoxy) is 2. The van der Waals surface area contributed by atoms with Crippen LogP contribution in [-0.2, 0) is 19.5 Å². The smallest absolute Gasteiger partial charge is 0.240 e. The first-order valence-corrected chi connectivity index (χ1v) is 13.1. The molecule has 0 amide bonds. The summed E-state index contributed by atoms with van der Waals surface area (Å²) in [6.45, 7) is 4.47. The van der Waals surface area contributed by atoms with E-state index in [1.165, 1.54) is 6.42 Å². The molecule has 3 heterocycles. The fourth-order valence-corrected chi connectivity index (χ4v) is 5.89. The topological polar surface area (TPSA) is 106 Å². The van der Waals surface area contributed by atoms with Crippen LogP contribution in [0.3, 0.4) is 0 Å². The number of aromatic nitrogens is 2. The monoisotopic (exact) mass is 493 g/mol. The van der Waals surface area contributed by atoms with Crippen LogP contribution in [-0.4, -0.2) is 62.4 Å². The number of nitrogens with zero attached hydrogens (tertiary/aromatic N) is 3. The van der Waals surface area contributed by atoms with Gasteiger partial charge in [-0.2, -0.15) is 4.98 Å². The van der Waals surface area contributed by atoms with Gasteiger partial charge in [-0.3, -0.25) is 0 Å². The second-order valence-corrected chi connectivity index (χ2v) is 11.1. The number of hydrogen-bond acceptors (Lipinski definition) is 8. The van der Waals surface area contributed by atoms with Gasteiger partial charge in [0.25, 0.3) is 0 Å². The van der Waals surface area contributed by atoms with Gasteiger partial charge in [0.1, 0.15) is 5.02 Å². The molecule has 3 fully saturated rings. The average Bonchev–Trinajstić information content (AvgIpc) is 3.27. The van der Waals surface area contributed by atoms with Crippen molar-refractivity contribution in [3.05, 3.63) is 35.5 Å². The lowest BCUT2D eigenvalue weighted by atomic mass is 9.78. The molecular weight excluding hydrogens is 466 g/mol. The van der Waals surface area contributed by atoms with E-state index >= 15 is 0 Å². The van der Waals surface area contributed by atoms with Gasteiger partial charge in [0, 0.05) is 24.9 Å². The second kappa shape index (κ2) is 8.99. The van der Waals surface area contributed by atoms with Crippen molar-refractivity contribution in [2.45, 2.75) is 55.2 Å². The van der Waals surface area contributed by atoms with Crippen molar-refractivity contribution in [2.24, 2.45) is 0 Å². The van der Waals surface area contributed by atoms with Crippen molar-refractivity contribution in [3.63, 3.8) is 0 Å². The van der Waals surface area contributed by atoms with Crippen LogP contribution in [0, 0.1) is 0 Å². The summed E-state index contributed by atoms with van der Waals surface area (Å²) in [7, 11) is -3.60. The first-order valence-electron chi connectivity index (χ1n) is 11.2. The Labute approximate surface area is 198 Å². The SMILES string of the molecule is C[C@H]1COC2(CCC2)CN1c1nc(Nc2ccc(S(=O)(=O)NC3CCOC3)cc2)ncc1Cl. The van der Waals surface area contributed by atoms with Crippen molar-refractivity contribution < 1.29 is 17.9 Å². The van der Waals surface area contributed by atoms with Gasteiger partial charge in [-0.05, 0) is 56.9 Å². The lowest BCUT2D eigenvalue weighted by Crippen LogP contribution is -2.59. The molecule has 0 bridgehead atoms. The summed E-state index contributed by atoms with van der Waals surface area (Å²) in [5.74, 6) is 1.08. The van der Waals surface area contributed by atoms with Crippen LogP contribution in [0.2, 0.25) is 5.02 Å². The van der Waals surface area contributed by atoms with E-state index in [9.17, 15) is 8.42 Å². The first kappa shape index (κ1) is 22.8. The number of anilines is 3. The fourth-order valence-electron chi connectivity index (χ4n) is 4.44. The zero-order valence-corrected chi connectivity index (χ0v) is 20.0. The largest absolute Gasteiger partial charge is 0.380 e. The van der Waals surface area contributed by atoms with Crippen LogP contribution >= 0.6 is 11.6 Å². The van der Waals surface area contributed by atoms with Gasteiger partial charge in [-0.1, -0.05) is 11.6 Å². The summed E-state index contributed by atoms with van der Waals surface area (Å²) in [6.07, 6.45) is 5.57. The van der Waals surface area contributed by atoms with Gasteiger partial charge in [-0.25, -0.2) is 18.1 Å². The minimum atomic E-state index is -3.60. The van der Waals surface area contributed by atoms with Crippen LogP contribution in [0.5, 0.6) is 0 Å². The van der Waals surface area contributed by atoms with Gasteiger partial charge < -0.3 is 19.7 Å². The normalized spacial score (nSPS) is 24.6. The number of hydrogen-bond donors (Lipinski definition) is 2. The first-order chi connectivity index (χ1) is 15.8. The van der Waals surface area contributed by atoms with E-state index in [0.717, 1.165) is 19.4 Å². The molecule has 2 saturated heterocycles. The predicted octanol–water partition coefficient (Wildman–Crippen LogP) is 3.09. The highest BCUT2D eigenvalue weighted by Crippen LogP contribution is 2.41. The average molecular weight is 494 g/mol. The van der Waals surface area contributed by atoms with Crippen molar-refractivity contribution in [1.29, 1.82) is 0 Å². The van der Waals surface area contributed by atoms with Crippen LogP contribution < -0.4 is 14.9 Å². The zero-order chi connectivity index (χ0) is 23.1. The molecule has 2 N–H and O–H groups in total. The van der Waals surface area contributed by atoms with Gasteiger partial charge in [0.15, 0.2) is 5.82 Å². The van der Waals surface area contributed by atoms with Crippen molar-refractivity contribution in [3.8, 4) is 0 Å². The minimum absolute atomic E-state index is 0.0889. The molecule has 1 unspecified atom stereocenters. The number of sulfonamides is 1. The Morgan fingerprint density at radius 2 is 2.00 bits per heavy atom. The maximum Gasteiger partial charge on any atom is 0.240 e. The van der Waals surface area contributed by atoms with Crippen LogP contribution in [0.4, 0.5) is 17.5 Å². The Hall–Kier alpha value is -1.98. The molecule has 2 aromatic rings. The molecule has 3 aliphatic rings. The fraction of sp³-hybridized carbons (Fsp3) is 0.545. The molecule has 2 aliphatic heterocycles. The Balaban J connectivity index is 1.30. The zero-order valence-electron chi connectivity index (χ0n) is 18.5. The third kappa shape index (κ3) is 4.81. The lowest BCUT2D eigenvalue weighted by Gasteiger charge is -2.51. The van der Waals surface area contributed by atoms with Gasteiger partial charge >= 0.3 is 0 Å². The van der Waals surface area contributed by atoms with Gasteiger partial charge in [-0.15, -0.1) is 0 Å². The van der Waals surface area contributed by atoms with Crippen molar-refractivity contribution in [1.82, 2.24) is 14.7 Å². The van der Waals surface area contributed by atoms with E-state index < -0.39 is 10.0 Å². The minimum Gasteiger partial charge on any atom is -0.380 e. The highest BCUT2D eigenvalue weighted by molar-refractivity contribution is 7.89. The third-order valence-corrected chi connectivity index (χ3v) is 8.36. The quantitative estimate of drug-likeness (QED) is 0.632. The number of halogens is 1. The molecule has 9 nitrogen and oxygen atoms in total. The molecule has 1 aromatic heterocycles. The molecule has 178 valence electrons. The highest BCUT2D eigenvalue weighted by Gasteiger charge is 2.44. The summed E-state index contributed by atoms with van der Waals surface area (Å²) in [5, 5.41) is 3.64. The summed E-state index contributed by atoms with van der Waals surface area (Å²) < 4.78 is 39.2. The van der Waals surface area contributed by atoms with Crippen LogP contribution in [0.15, 0.2) is 35.4 Å². The number of benzene rings is 1. The maximum absolute atomic E-state index is 12.6. The maximum atomic E-state index is 12.6. The third-order valence-electron chi connectivity index (χ3n) is 6.56. The Morgan fingerprint density at radius 3 is 2.67 bits per heavy atom. The Kier molecular flexibility index (Phi) is 6.21. The molecular formula is C22H28ClN5O4S. The van der Waals surface area contributed by atoms with Crippen molar-refractivity contribution >= 4 is 39.1 Å². The summed E-state index contributed by atoms with van der Waals surface area (Å²) in [4.78, 5) is 11.4. The van der Waals surface area contributed by atoms with E-state index in [2.05, 4.69) is 31.8 Å². The van der Waals surface area contributed by atoms with Crippen molar-refractivity contribution in [2.75, 3.05) is 36.6 Å². The second-order valence-electron chi connectivity index (χ2n) is 9.02. The molecule has 2 atom stereocenters. The molecule has 0 radical (unpaired) electrons. The number of nitrogens with one attached hydrogen (secondary N) is 2. The standard InChI is InChI=1S/C22H28ClN5O4S/c1-15-12-32-22(8-2-9-22)14-28(15)20-19(23)11-24-21(26-20)25-16-3-5-18(6-4-16)33(29,30)27-17-7-10-31-13-17/h3-6,11,15,17,27H,2,7-10,12-14H2,1H3,(H,24,25,26)/t15-,17?/m0/s1. The Bertz CT molecular complexity index is 1100. The van der Waals surface area contributed by atoms with E-state index in [1.54, 1.807) is 30.5 Å². The summed E-state index contributed by atoms with van der Waals surface area (Å²) in [6, 6.07) is 6.47. The van der Waals surface area contributed by atoms with Crippen LogP contribution in [0.1, 0.15) is 32.6 Å². The predicted molar refractivity (Wildman–Crippen MR) is 126 cm³/mol. The summed E-state index contributed by atoms with van der Waals surface area (Å²) in [5.41, 5.74) is 0.589. The van der Waals surface area contributed by atoms with E-state index in [-0.39, 0.29) is 22.6 Å². The molecule has 1 aromatic carbocycles. The van der Waals surface area contributed by atoms with E-state index in [1.807, 2.05) is 0 Å².